The van der Waals surface area contributed by atoms with Gasteiger partial charge in [0.15, 0.2) is 0 Å². The molecule has 0 radical (unpaired) electrons. The molecule has 0 amide bonds. The molecule has 0 unspecified atom stereocenters. The summed E-state index contributed by atoms with van der Waals surface area (Å²) in [6.45, 7) is 6.99. The Morgan fingerprint density at radius 1 is 1.14 bits per heavy atom. The van der Waals surface area contributed by atoms with Gasteiger partial charge in [-0.3, -0.25) is 4.68 Å². The van der Waals surface area contributed by atoms with E-state index in [1.807, 2.05) is 41.1 Å². The summed E-state index contributed by atoms with van der Waals surface area (Å²) >= 11 is 6.46. The summed E-state index contributed by atoms with van der Waals surface area (Å²) < 4.78 is 1.99. The molecule has 1 aliphatic carbocycles. The minimum absolute atomic E-state index is 0.0757. The Morgan fingerprint density at radius 2 is 1.86 bits per heavy atom. The van der Waals surface area contributed by atoms with Crippen molar-refractivity contribution >= 4 is 11.6 Å². The van der Waals surface area contributed by atoms with Crippen LogP contribution in [-0.2, 0) is 18.5 Å². The number of fused-ring (bicyclic) bond motifs is 1. The lowest BCUT2D eigenvalue weighted by molar-refractivity contribution is 0.140. The van der Waals surface area contributed by atoms with Crippen LogP contribution in [0.1, 0.15) is 43.5 Å². The molecule has 0 aliphatic heterocycles. The number of hydrogen-bond acceptors (Lipinski definition) is 3. The molecule has 146 valence electrons. The van der Waals surface area contributed by atoms with Crippen LogP contribution in [0.15, 0.2) is 54.7 Å². The molecular weight excluding hydrogens is 370 g/mol. The van der Waals surface area contributed by atoms with Crippen LogP contribution in [0.4, 0.5) is 0 Å². The lowest BCUT2D eigenvalue weighted by Crippen LogP contribution is -2.28. The Morgan fingerprint density at radius 3 is 2.61 bits per heavy atom. The van der Waals surface area contributed by atoms with E-state index in [1.54, 1.807) is 0 Å². The molecule has 3 aromatic rings. The first kappa shape index (κ1) is 19.2. The van der Waals surface area contributed by atoms with Gasteiger partial charge in [0.25, 0.3) is 0 Å². The van der Waals surface area contributed by atoms with Crippen LogP contribution in [0.25, 0.3) is 11.3 Å². The van der Waals surface area contributed by atoms with E-state index in [0.29, 0.717) is 18.0 Å². The fourth-order valence-corrected chi connectivity index (χ4v) is 4.03. The second kappa shape index (κ2) is 7.36. The summed E-state index contributed by atoms with van der Waals surface area (Å²) in [5.41, 5.74) is 5.14. The zero-order chi connectivity index (χ0) is 19.9. The van der Waals surface area contributed by atoms with Crippen molar-refractivity contribution in [1.29, 1.82) is 0 Å². The average molecular weight is 396 g/mol. The summed E-state index contributed by atoms with van der Waals surface area (Å²) in [5.74, 6) is 0. The molecule has 0 fully saturated rings. The van der Waals surface area contributed by atoms with Crippen LogP contribution in [0.5, 0.6) is 0 Å². The van der Waals surface area contributed by atoms with Gasteiger partial charge in [-0.15, -0.1) is 0 Å². The minimum Gasteiger partial charge on any atom is -0.391 e. The van der Waals surface area contributed by atoms with Crippen LogP contribution in [-0.4, -0.2) is 21.0 Å². The summed E-state index contributed by atoms with van der Waals surface area (Å²) in [4.78, 5) is 0. The van der Waals surface area contributed by atoms with Crippen molar-refractivity contribution in [3.8, 4) is 11.3 Å². The predicted molar refractivity (Wildman–Crippen MR) is 113 cm³/mol. The molecule has 1 heterocycles. The van der Waals surface area contributed by atoms with Gasteiger partial charge < -0.3 is 10.4 Å². The first-order valence-electron chi connectivity index (χ1n) is 9.68. The summed E-state index contributed by atoms with van der Waals surface area (Å²) in [5, 5.41) is 19.6. The topological polar surface area (TPSA) is 50.1 Å². The zero-order valence-electron chi connectivity index (χ0n) is 16.5. The third kappa shape index (κ3) is 3.60. The number of nitrogens with zero attached hydrogens (tertiary/aromatic N) is 2. The predicted octanol–water partition coefficient (Wildman–Crippen LogP) is 4.71. The molecule has 0 saturated heterocycles. The van der Waals surface area contributed by atoms with E-state index >= 15 is 0 Å². The molecule has 28 heavy (non-hydrogen) atoms. The van der Waals surface area contributed by atoms with Gasteiger partial charge in [0.2, 0.25) is 0 Å². The number of aliphatic hydroxyl groups is 1. The SMILES string of the molecule is CC(C)(C)n1cc(CN[C@@H]2c3ccccc3C[C@@H]2O)c(-c2ccccc2Cl)n1. The number of nitrogens with one attached hydrogen (secondary N) is 1. The van der Waals surface area contributed by atoms with Crippen molar-refractivity contribution in [2.75, 3.05) is 0 Å². The van der Waals surface area contributed by atoms with Gasteiger partial charge >= 0.3 is 0 Å². The van der Waals surface area contributed by atoms with Crippen molar-refractivity contribution in [3.05, 3.63) is 76.4 Å². The number of rotatable bonds is 4. The van der Waals surface area contributed by atoms with E-state index in [4.69, 9.17) is 16.7 Å². The van der Waals surface area contributed by atoms with Crippen molar-refractivity contribution < 1.29 is 5.11 Å². The highest BCUT2D eigenvalue weighted by molar-refractivity contribution is 6.33. The summed E-state index contributed by atoms with van der Waals surface area (Å²) in [6, 6.07) is 16.0. The van der Waals surface area contributed by atoms with Crippen molar-refractivity contribution in [3.63, 3.8) is 0 Å². The molecule has 2 N–H and O–H groups in total. The second-order valence-corrected chi connectivity index (χ2v) is 8.83. The largest absolute Gasteiger partial charge is 0.391 e. The average Bonchev–Trinajstić information content (AvgIpc) is 3.21. The van der Waals surface area contributed by atoms with Crippen LogP contribution in [0.3, 0.4) is 0 Å². The van der Waals surface area contributed by atoms with Gasteiger partial charge in [-0.2, -0.15) is 5.10 Å². The molecule has 0 spiro atoms. The van der Waals surface area contributed by atoms with Crippen molar-refractivity contribution in [1.82, 2.24) is 15.1 Å². The Hall–Kier alpha value is -2.14. The first-order valence-corrected chi connectivity index (χ1v) is 10.1. The molecule has 1 aromatic heterocycles. The quantitative estimate of drug-likeness (QED) is 0.672. The monoisotopic (exact) mass is 395 g/mol. The number of benzene rings is 2. The maximum Gasteiger partial charge on any atom is 0.0983 e. The van der Waals surface area contributed by atoms with Gasteiger partial charge in [0, 0.05) is 30.3 Å². The standard InChI is InChI=1S/C23H26ClN3O/c1-23(2,3)27-14-16(21(26-27)18-10-6-7-11-19(18)24)13-25-22-17-9-5-4-8-15(17)12-20(22)28/h4-11,14,20,22,25,28H,12-13H2,1-3H3/t20-,22+/m0/s1. The van der Waals surface area contributed by atoms with E-state index in [0.717, 1.165) is 16.8 Å². The van der Waals surface area contributed by atoms with Crippen LogP contribution in [0, 0.1) is 0 Å². The molecule has 0 saturated carbocycles. The van der Waals surface area contributed by atoms with Gasteiger partial charge in [0.05, 0.1) is 28.4 Å². The molecule has 5 heteroatoms. The van der Waals surface area contributed by atoms with E-state index in [9.17, 15) is 5.11 Å². The Kier molecular flexibility index (Phi) is 5.04. The highest BCUT2D eigenvalue weighted by Crippen LogP contribution is 2.34. The van der Waals surface area contributed by atoms with Crippen molar-refractivity contribution in [2.45, 2.75) is 51.4 Å². The third-order valence-corrected chi connectivity index (χ3v) is 5.65. The second-order valence-electron chi connectivity index (χ2n) is 8.43. The molecule has 0 bridgehead atoms. The van der Waals surface area contributed by atoms with Gasteiger partial charge in [-0.05, 0) is 38.0 Å². The van der Waals surface area contributed by atoms with Gasteiger partial charge in [-0.25, -0.2) is 0 Å². The summed E-state index contributed by atoms with van der Waals surface area (Å²) in [6.07, 6.45) is 2.35. The highest BCUT2D eigenvalue weighted by atomic mass is 35.5. The molecule has 4 nitrogen and oxygen atoms in total. The van der Waals surface area contributed by atoms with E-state index in [2.05, 4.69) is 44.4 Å². The smallest absolute Gasteiger partial charge is 0.0983 e. The number of hydrogen-bond donors (Lipinski definition) is 2. The number of halogens is 1. The summed E-state index contributed by atoms with van der Waals surface area (Å²) in [7, 11) is 0. The lowest BCUT2D eigenvalue weighted by atomic mass is 10.1. The normalized spacial score (nSPS) is 19.0. The van der Waals surface area contributed by atoms with Gasteiger partial charge in [-0.1, -0.05) is 54.1 Å². The first-order chi connectivity index (χ1) is 13.3. The van der Waals surface area contributed by atoms with E-state index in [-0.39, 0.29) is 11.6 Å². The van der Waals surface area contributed by atoms with Gasteiger partial charge in [0.1, 0.15) is 0 Å². The zero-order valence-corrected chi connectivity index (χ0v) is 17.2. The maximum atomic E-state index is 10.5. The van der Waals surface area contributed by atoms with Crippen LogP contribution >= 0.6 is 11.6 Å². The van der Waals surface area contributed by atoms with Crippen LogP contribution < -0.4 is 5.32 Å². The van der Waals surface area contributed by atoms with E-state index in [1.165, 1.54) is 11.1 Å². The van der Waals surface area contributed by atoms with E-state index < -0.39 is 6.10 Å². The number of aliphatic hydroxyl groups excluding tert-OH is 1. The Bertz CT molecular complexity index is 990. The Balaban J connectivity index is 1.66. The molecule has 4 rings (SSSR count). The lowest BCUT2D eigenvalue weighted by Gasteiger charge is -2.19. The molecule has 1 aliphatic rings. The highest BCUT2D eigenvalue weighted by Gasteiger charge is 2.30. The Labute approximate surface area is 171 Å². The van der Waals surface area contributed by atoms with Crippen molar-refractivity contribution in [2.24, 2.45) is 0 Å². The fourth-order valence-electron chi connectivity index (χ4n) is 3.80. The fraction of sp³-hybridized carbons (Fsp3) is 0.348. The molecule has 2 aromatic carbocycles. The number of aromatic nitrogens is 2. The third-order valence-electron chi connectivity index (χ3n) is 5.32. The molecule has 2 atom stereocenters. The minimum atomic E-state index is -0.418. The molecular formula is C23H26ClN3O. The van der Waals surface area contributed by atoms with Crippen LogP contribution in [0.2, 0.25) is 5.02 Å². The maximum absolute atomic E-state index is 10.5.